The van der Waals surface area contributed by atoms with Gasteiger partial charge in [-0.25, -0.2) is 0 Å². The zero-order valence-corrected chi connectivity index (χ0v) is 11.1. The zero-order chi connectivity index (χ0) is 13.2. The molecule has 5 nitrogen and oxygen atoms in total. The number of oxime groups is 1. The smallest absolute Gasteiger partial charge is 0.236 e. The van der Waals surface area contributed by atoms with Gasteiger partial charge >= 0.3 is 0 Å². The Bertz CT molecular complexity index is 344. The molecule has 2 aliphatic rings. The molecule has 2 aliphatic carbocycles. The average molecular weight is 253 g/mol. The highest BCUT2D eigenvalue weighted by molar-refractivity contribution is 6.09. The Morgan fingerprint density at radius 2 is 2.00 bits per heavy atom. The van der Waals surface area contributed by atoms with Crippen molar-refractivity contribution in [2.45, 2.75) is 57.9 Å². The first-order valence-electron chi connectivity index (χ1n) is 6.95. The van der Waals surface area contributed by atoms with E-state index in [0.29, 0.717) is 25.4 Å². The Labute approximate surface area is 108 Å². The fourth-order valence-corrected chi connectivity index (χ4v) is 3.04. The summed E-state index contributed by atoms with van der Waals surface area (Å²) in [5, 5.41) is 11.9. The summed E-state index contributed by atoms with van der Waals surface area (Å²) < 4.78 is 0. The van der Waals surface area contributed by atoms with E-state index in [4.69, 9.17) is 10.9 Å². The number of hydrogen-bond donors (Lipinski definition) is 2. The summed E-state index contributed by atoms with van der Waals surface area (Å²) in [5.74, 6) is 0.147. The minimum Gasteiger partial charge on any atom is -0.409 e. The number of carbonyl (C=O) groups is 1. The van der Waals surface area contributed by atoms with Gasteiger partial charge in [0.15, 0.2) is 5.84 Å². The van der Waals surface area contributed by atoms with Crippen molar-refractivity contribution >= 4 is 11.7 Å². The molecule has 1 amide bonds. The van der Waals surface area contributed by atoms with E-state index in [-0.39, 0.29) is 11.7 Å². The zero-order valence-electron chi connectivity index (χ0n) is 11.1. The minimum atomic E-state index is -0.692. The van der Waals surface area contributed by atoms with Crippen molar-refractivity contribution in [1.82, 2.24) is 4.90 Å². The van der Waals surface area contributed by atoms with E-state index in [1.54, 1.807) is 0 Å². The lowest BCUT2D eigenvalue weighted by Gasteiger charge is -2.35. The molecular weight excluding hydrogens is 230 g/mol. The van der Waals surface area contributed by atoms with Crippen molar-refractivity contribution in [2.75, 3.05) is 6.54 Å². The fourth-order valence-electron chi connectivity index (χ4n) is 3.04. The van der Waals surface area contributed by atoms with Crippen LogP contribution in [-0.2, 0) is 4.79 Å². The second kappa shape index (κ2) is 5.16. The van der Waals surface area contributed by atoms with Gasteiger partial charge in [-0.2, -0.15) is 0 Å². The molecule has 2 saturated carbocycles. The van der Waals surface area contributed by atoms with E-state index in [1.165, 1.54) is 19.3 Å². The van der Waals surface area contributed by atoms with Crippen molar-refractivity contribution < 1.29 is 10.0 Å². The Hall–Kier alpha value is -1.26. The molecule has 0 unspecified atom stereocenters. The van der Waals surface area contributed by atoms with Crippen LogP contribution in [0.15, 0.2) is 5.16 Å². The molecule has 102 valence electrons. The van der Waals surface area contributed by atoms with Crippen LogP contribution in [0.25, 0.3) is 0 Å². The second-order valence-corrected chi connectivity index (χ2v) is 5.45. The number of nitrogens with two attached hydrogens (primary N) is 1. The second-order valence-electron chi connectivity index (χ2n) is 5.45. The van der Waals surface area contributed by atoms with Crippen molar-refractivity contribution in [3.05, 3.63) is 0 Å². The van der Waals surface area contributed by atoms with E-state index in [2.05, 4.69) is 5.16 Å². The number of amidine groups is 1. The first-order valence-corrected chi connectivity index (χ1v) is 6.95. The molecule has 2 rings (SSSR count). The normalized spacial score (nSPS) is 23.7. The summed E-state index contributed by atoms with van der Waals surface area (Å²) in [4.78, 5) is 14.6. The van der Waals surface area contributed by atoms with Gasteiger partial charge in [0.25, 0.3) is 0 Å². The molecule has 0 radical (unpaired) electrons. The van der Waals surface area contributed by atoms with Gasteiger partial charge in [0.05, 0.1) is 0 Å². The largest absolute Gasteiger partial charge is 0.409 e. The van der Waals surface area contributed by atoms with Crippen LogP contribution < -0.4 is 5.73 Å². The number of amides is 1. The lowest BCUT2D eigenvalue weighted by molar-refractivity contribution is -0.137. The van der Waals surface area contributed by atoms with Gasteiger partial charge in [-0.05, 0) is 32.6 Å². The molecule has 18 heavy (non-hydrogen) atoms. The number of hydrogen-bond acceptors (Lipinski definition) is 3. The molecule has 3 N–H and O–H groups in total. The summed E-state index contributed by atoms with van der Waals surface area (Å²) in [6, 6.07) is 0.347. The van der Waals surface area contributed by atoms with Crippen LogP contribution in [0, 0.1) is 5.41 Å². The third-order valence-corrected chi connectivity index (χ3v) is 4.37. The Morgan fingerprint density at radius 1 is 1.39 bits per heavy atom. The monoisotopic (exact) mass is 253 g/mol. The summed E-state index contributed by atoms with van der Waals surface area (Å²) >= 11 is 0. The van der Waals surface area contributed by atoms with E-state index in [1.807, 2.05) is 11.8 Å². The lowest BCUT2D eigenvalue weighted by Crippen LogP contribution is -2.48. The molecule has 0 heterocycles. The minimum absolute atomic E-state index is 0.0622. The molecule has 0 aromatic heterocycles. The molecule has 0 aromatic carbocycles. The van der Waals surface area contributed by atoms with Gasteiger partial charge in [0, 0.05) is 12.6 Å². The van der Waals surface area contributed by atoms with Crippen molar-refractivity contribution in [1.29, 1.82) is 0 Å². The Morgan fingerprint density at radius 3 is 2.44 bits per heavy atom. The third kappa shape index (κ3) is 2.18. The van der Waals surface area contributed by atoms with Gasteiger partial charge in [-0.3, -0.25) is 4.79 Å². The molecular formula is C13H23N3O2. The maximum absolute atomic E-state index is 12.6. The summed E-state index contributed by atoms with van der Waals surface area (Å²) in [6.45, 7) is 2.72. The summed E-state index contributed by atoms with van der Waals surface area (Å²) in [5.41, 5.74) is 5.00. The highest BCUT2D eigenvalue weighted by Crippen LogP contribution is 2.48. The van der Waals surface area contributed by atoms with Crippen LogP contribution >= 0.6 is 0 Å². The maximum atomic E-state index is 12.6. The van der Waals surface area contributed by atoms with Crippen LogP contribution in [0.3, 0.4) is 0 Å². The molecule has 0 spiro atoms. The predicted molar refractivity (Wildman–Crippen MR) is 69.3 cm³/mol. The predicted octanol–water partition coefficient (Wildman–Crippen LogP) is 1.69. The average Bonchev–Trinajstić information content (AvgIpc) is 3.21. The maximum Gasteiger partial charge on any atom is 0.236 e. The molecule has 5 heteroatoms. The molecule has 2 fully saturated rings. The molecule has 0 saturated heterocycles. The van der Waals surface area contributed by atoms with E-state index in [9.17, 15) is 4.79 Å². The molecule has 0 aromatic rings. The first kappa shape index (κ1) is 13.2. The van der Waals surface area contributed by atoms with E-state index < -0.39 is 5.41 Å². The summed E-state index contributed by atoms with van der Waals surface area (Å²) in [6.07, 6.45) is 7.28. The van der Waals surface area contributed by atoms with Gasteiger partial charge < -0.3 is 15.8 Å². The highest BCUT2D eigenvalue weighted by atomic mass is 16.4. The quantitative estimate of drug-likeness (QED) is 0.346. The van der Waals surface area contributed by atoms with Gasteiger partial charge in [-0.1, -0.05) is 24.4 Å². The van der Waals surface area contributed by atoms with Gasteiger partial charge in [0.2, 0.25) is 5.91 Å². The van der Waals surface area contributed by atoms with Crippen LogP contribution in [0.5, 0.6) is 0 Å². The highest BCUT2D eigenvalue weighted by Gasteiger charge is 2.56. The van der Waals surface area contributed by atoms with Crippen LogP contribution in [0.4, 0.5) is 0 Å². The van der Waals surface area contributed by atoms with Gasteiger partial charge in [0.1, 0.15) is 5.41 Å². The number of carbonyl (C=O) groups excluding carboxylic acids is 1. The first-order chi connectivity index (χ1) is 8.65. The Kier molecular flexibility index (Phi) is 3.78. The van der Waals surface area contributed by atoms with Crippen LogP contribution in [-0.4, -0.2) is 34.4 Å². The number of nitrogens with zero attached hydrogens (tertiary/aromatic N) is 2. The Balaban J connectivity index is 2.10. The molecule has 0 atom stereocenters. The van der Waals surface area contributed by atoms with Crippen molar-refractivity contribution in [2.24, 2.45) is 16.3 Å². The van der Waals surface area contributed by atoms with Crippen molar-refractivity contribution in [3.63, 3.8) is 0 Å². The molecule has 0 bridgehead atoms. The number of rotatable bonds is 4. The lowest BCUT2D eigenvalue weighted by atomic mass is 9.92. The SMILES string of the molecule is CCN(C(=O)C1(C(N)=NO)CC1)C1CCCCC1. The summed E-state index contributed by atoms with van der Waals surface area (Å²) in [7, 11) is 0. The third-order valence-electron chi connectivity index (χ3n) is 4.37. The van der Waals surface area contributed by atoms with Gasteiger partial charge in [-0.15, -0.1) is 0 Å². The van der Waals surface area contributed by atoms with E-state index >= 15 is 0 Å². The van der Waals surface area contributed by atoms with Crippen LogP contribution in [0.1, 0.15) is 51.9 Å². The topological polar surface area (TPSA) is 78.9 Å². The molecule has 0 aliphatic heterocycles. The van der Waals surface area contributed by atoms with E-state index in [0.717, 1.165) is 12.8 Å². The van der Waals surface area contributed by atoms with Crippen molar-refractivity contribution in [3.8, 4) is 0 Å². The van der Waals surface area contributed by atoms with Crippen LogP contribution in [0.2, 0.25) is 0 Å². The standard InChI is InChI=1S/C13H23N3O2/c1-2-16(10-6-4-3-5-7-10)12(17)13(8-9-13)11(14)15-18/h10,18H,2-9H2,1H3,(H2,14,15). The fraction of sp³-hybridized carbons (Fsp3) is 0.846.